The van der Waals surface area contributed by atoms with Crippen LogP contribution in [0.4, 0.5) is 0 Å². The minimum Gasteiger partial charge on any atom is -0.387 e. The zero-order valence-electron chi connectivity index (χ0n) is 24.5. The monoisotopic (exact) mass is 606 g/mol. The summed E-state index contributed by atoms with van der Waals surface area (Å²) in [4.78, 5) is 51.3. The number of carbonyl (C=O) groups excluding carboxylic acids is 3. The van der Waals surface area contributed by atoms with E-state index in [1.807, 2.05) is 103 Å². The van der Waals surface area contributed by atoms with Crippen molar-refractivity contribution in [2.45, 2.75) is 55.4 Å². The van der Waals surface area contributed by atoms with Crippen LogP contribution in [0, 0.1) is 0 Å². The summed E-state index contributed by atoms with van der Waals surface area (Å²) >= 11 is 0. The summed E-state index contributed by atoms with van der Waals surface area (Å²) in [5.74, 6) is -2.10. The van der Waals surface area contributed by atoms with Crippen molar-refractivity contribution in [1.82, 2.24) is 9.80 Å². The quantitative estimate of drug-likeness (QED) is 0.127. The Bertz CT molecular complexity index is 1340. The number of likely N-dealkylation sites (tertiary alicyclic amines) is 1. The van der Waals surface area contributed by atoms with E-state index >= 15 is 0 Å². The number of benzene rings is 3. The summed E-state index contributed by atoms with van der Waals surface area (Å²) in [6.45, 7) is 2.65. The zero-order chi connectivity index (χ0) is 31.9. The number of rotatable bonds is 13. The molecule has 4 rings (SSSR count). The highest BCUT2D eigenvalue weighted by Gasteiger charge is 2.46. The average molecular weight is 607 g/mol. The van der Waals surface area contributed by atoms with Gasteiger partial charge in [-0.3, -0.25) is 14.6 Å². The highest BCUT2D eigenvalue weighted by Crippen LogP contribution is 2.38. The molecule has 0 radical (unpaired) electrons. The van der Waals surface area contributed by atoms with Crippen LogP contribution in [0.2, 0.25) is 0 Å². The molecular weight excluding hydrogens is 568 g/mol. The Balaban J connectivity index is 1.54. The van der Waals surface area contributed by atoms with Gasteiger partial charge >= 0.3 is 5.97 Å². The Kier molecular flexibility index (Phi) is 11.0. The molecule has 1 fully saturated rings. The Morgan fingerprint density at radius 3 is 1.93 bits per heavy atom. The van der Waals surface area contributed by atoms with E-state index in [9.17, 15) is 34.8 Å². The number of hydrogen-bond donors (Lipinski definition) is 4. The van der Waals surface area contributed by atoms with Crippen LogP contribution in [0.1, 0.15) is 36.0 Å². The van der Waals surface area contributed by atoms with E-state index in [2.05, 4.69) is 0 Å². The first-order valence-corrected chi connectivity index (χ1v) is 14.3. The van der Waals surface area contributed by atoms with Gasteiger partial charge in [-0.05, 0) is 30.0 Å². The van der Waals surface area contributed by atoms with Crippen LogP contribution in [-0.4, -0.2) is 99.0 Å². The molecule has 1 aliphatic heterocycles. The Labute approximate surface area is 255 Å². The molecule has 0 saturated carbocycles. The first-order chi connectivity index (χ1) is 21.1. The molecule has 234 valence electrons. The van der Waals surface area contributed by atoms with Crippen molar-refractivity contribution in [1.29, 1.82) is 0 Å². The molecule has 6 atom stereocenters. The number of hydrogen-bond acceptors (Lipinski definition) is 10. The molecule has 0 aromatic heterocycles. The number of carbonyl (C=O) groups is 3. The largest absolute Gasteiger partial charge is 0.387 e. The van der Waals surface area contributed by atoms with Crippen molar-refractivity contribution in [3.8, 4) is 0 Å². The molecular formula is C33H38N2O9. The summed E-state index contributed by atoms with van der Waals surface area (Å²) < 4.78 is 0. The van der Waals surface area contributed by atoms with Gasteiger partial charge in [-0.2, -0.15) is 4.89 Å². The van der Waals surface area contributed by atoms with Gasteiger partial charge in [0.05, 0.1) is 5.92 Å². The minimum absolute atomic E-state index is 0.0387. The first kappa shape index (κ1) is 32.9. The lowest BCUT2D eigenvalue weighted by Crippen LogP contribution is -2.57. The summed E-state index contributed by atoms with van der Waals surface area (Å²) in [5, 5.41) is 39.1. The maximum absolute atomic E-state index is 14.5. The van der Waals surface area contributed by atoms with Crippen LogP contribution in [0.3, 0.4) is 0 Å². The molecule has 4 N–H and O–H groups in total. The van der Waals surface area contributed by atoms with Crippen molar-refractivity contribution in [3.05, 3.63) is 108 Å². The van der Waals surface area contributed by atoms with Crippen LogP contribution in [0.25, 0.3) is 0 Å². The van der Waals surface area contributed by atoms with Crippen molar-refractivity contribution < 1.29 is 44.6 Å². The number of aliphatic hydroxyl groups is 4. The Morgan fingerprint density at radius 2 is 1.41 bits per heavy atom. The van der Waals surface area contributed by atoms with E-state index in [-0.39, 0.29) is 18.7 Å². The van der Waals surface area contributed by atoms with Gasteiger partial charge in [-0.15, -0.1) is 0 Å². The maximum Gasteiger partial charge on any atom is 0.373 e. The average Bonchev–Trinajstić information content (AvgIpc) is 3.56. The molecule has 0 aliphatic carbocycles. The van der Waals surface area contributed by atoms with Crippen LogP contribution in [-0.2, 0) is 29.8 Å². The fraction of sp³-hybridized carbons (Fsp3) is 0.364. The lowest BCUT2D eigenvalue weighted by molar-refractivity contribution is -0.304. The topological polar surface area (TPSA) is 157 Å². The predicted molar refractivity (Wildman–Crippen MR) is 159 cm³/mol. The molecule has 1 amide bonds. The van der Waals surface area contributed by atoms with E-state index in [1.54, 1.807) is 11.9 Å². The molecule has 0 spiro atoms. The normalized spacial score (nSPS) is 19.4. The van der Waals surface area contributed by atoms with Gasteiger partial charge in [0.1, 0.15) is 30.1 Å². The van der Waals surface area contributed by atoms with E-state index < -0.39 is 48.1 Å². The van der Waals surface area contributed by atoms with E-state index in [1.165, 1.54) is 0 Å². The Morgan fingerprint density at radius 1 is 0.886 bits per heavy atom. The van der Waals surface area contributed by atoms with Gasteiger partial charge in [0, 0.05) is 20.1 Å². The molecule has 3 aromatic carbocycles. The smallest absolute Gasteiger partial charge is 0.373 e. The summed E-state index contributed by atoms with van der Waals surface area (Å²) in [6, 6.07) is 28.7. The van der Waals surface area contributed by atoms with Crippen LogP contribution >= 0.6 is 0 Å². The van der Waals surface area contributed by atoms with Crippen molar-refractivity contribution in [2.75, 3.05) is 20.1 Å². The molecule has 11 heteroatoms. The lowest BCUT2D eigenvalue weighted by Gasteiger charge is -2.47. The molecule has 1 heterocycles. The van der Waals surface area contributed by atoms with E-state index in [4.69, 9.17) is 9.78 Å². The second-order valence-electron chi connectivity index (χ2n) is 10.9. The SMILES string of the molecule is CN(C(=O)C(c1ccccc1)c1ccccc1)C(C)(c1ccccc1)N1CC[C@H](OOC(=O)[C@@H](O)[C@@H](O)[C@H](O)[C@@H](O)C=O)C1. The number of aldehydes is 1. The van der Waals surface area contributed by atoms with Gasteiger partial charge in [0.25, 0.3) is 0 Å². The van der Waals surface area contributed by atoms with Gasteiger partial charge in [0.15, 0.2) is 12.4 Å². The number of aliphatic hydroxyl groups excluding tert-OH is 4. The third kappa shape index (κ3) is 7.05. The van der Waals surface area contributed by atoms with Crippen LogP contribution in [0.15, 0.2) is 91.0 Å². The molecule has 3 aromatic rings. The van der Waals surface area contributed by atoms with Crippen LogP contribution < -0.4 is 0 Å². The van der Waals surface area contributed by atoms with E-state index in [0.717, 1.165) is 16.7 Å². The van der Waals surface area contributed by atoms with Gasteiger partial charge in [-0.25, -0.2) is 4.79 Å². The molecule has 11 nitrogen and oxygen atoms in total. The molecule has 44 heavy (non-hydrogen) atoms. The number of amides is 1. The number of likely N-dealkylation sites (N-methyl/N-ethyl adjacent to an activating group) is 1. The van der Waals surface area contributed by atoms with Gasteiger partial charge < -0.3 is 30.1 Å². The maximum atomic E-state index is 14.5. The zero-order valence-corrected chi connectivity index (χ0v) is 24.5. The van der Waals surface area contributed by atoms with Crippen LogP contribution in [0.5, 0.6) is 0 Å². The first-order valence-electron chi connectivity index (χ1n) is 14.3. The van der Waals surface area contributed by atoms with Crippen molar-refractivity contribution in [3.63, 3.8) is 0 Å². The fourth-order valence-corrected chi connectivity index (χ4v) is 5.49. The highest BCUT2D eigenvalue weighted by atomic mass is 17.2. The third-order valence-electron chi connectivity index (χ3n) is 8.25. The molecule has 0 bridgehead atoms. The summed E-state index contributed by atoms with van der Waals surface area (Å²) in [7, 11) is 1.76. The molecule has 1 aliphatic rings. The summed E-state index contributed by atoms with van der Waals surface area (Å²) in [6.07, 6.45) is -8.85. The highest BCUT2D eigenvalue weighted by molar-refractivity contribution is 5.87. The number of nitrogens with zero attached hydrogens (tertiary/aromatic N) is 2. The predicted octanol–water partition coefficient (Wildman–Crippen LogP) is 1.34. The second kappa shape index (κ2) is 14.7. The van der Waals surface area contributed by atoms with Gasteiger partial charge in [-0.1, -0.05) is 91.0 Å². The molecule has 1 saturated heterocycles. The van der Waals surface area contributed by atoms with E-state index in [0.29, 0.717) is 13.0 Å². The van der Waals surface area contributed by atoms with Crippen molar-refractivity contribution >= 4 is 18.2 Å². The molecule has 1 unspecified atom stereocenters. The van der Waals surface area contributed by atoms with Crippen molar-refractivity contribution in [2.24, 2.45) is 0 Å². The lowest BCUT2D eigenvalue weighted by atomic mass is 9.88. The summed E-state index contributed by atoms with van der Waals surface area (Å²) in [5.41, 5.74) is 1.61. The minimum atomic E-state index is -2.27. The second-order valence-corrected chi connectivity index (χ2v) is 10.9. The third-order valence-corrected chi connectivity index (χ3v) is 8.25. The van der Waals surface area contributed by atoms with Gasteiger partial charge in [0.2, 0.25) is 5.91 Å². The fourth-order valence-electron chi connectivity index (χ4n) is 5.49. The standard InChI is InChI=1S/C33H38N2O9/c1-33(24-16-10-5-11-17-24,34(2)31(41)27(22-12-6-3-7-13-22)23-14-8-4-9-15-23)35-19-18-25(20-35)43-44-32(42)30(40)29(39)28(38)26(37)21-36/h3-17,21,25-30,37-40H,18-20H2,1-2H3/t25-,26-,28+,29-,30-,33?/m0/s1. The Hall–Kier alpha value is -3.97.